The van der Waals surface area contributed by atoms with Gasteiger partial charge in [-0.1, -0.05) is 13.8 Å². The van der Waals surface area contributed by atoms with Gasteiger partial charge in [-0.3, -0.25) is 4.90 Å². The highest BCUT2D eigenvalue weighted by atomic mass is 32.1. The van der Waals surface area contributed by atoms with E-state index in [0.717, 1.165) is 34.1 Å². The number of thiazole rings is 1. The Hall–Kier alpha value is -1.63. The van der Waals surface area contributed by atoms with Crippen LogP contribution in [0.2, 0.25) is 0 Å². The number of hydrogen-bond donors (Lipinski definition) is 1. The maximum Gasteiger partial charge on any atom is 0.125 e. The molecule has 1 atom stereocenters. The molecular weight excluding hydrogens is 324 g/mol. The summed E-state index contributed by atoms with van der Waals surface area (Å²) in [5.74, 6) is 1.95. The number of β-amino-alcohol motifs (C(OH)–C–C–N with tert-alkyl or cyclic N) is 1. The van der Waals surface area contributed by atoms with Gasteiger partial charge in [0.2, 0.25) is 0 Å². The molecule has 0 radical (unpaired) electrons. The number of nitrogens with zero attached hydrogens (tertiary/aromatic N) is 2. The SMILES string of the molecule is COc1ccc(OC)c2c1CN(Cc1csc(C(C)C)n1)C[C@@H]2O. The largest absolute Gasteiger partial charge is 0.496 e. The highest BCUT2D eigenvalue weighted by Gasteiger charge is 2.29. The molecule has 5 nitrogen and oxygen atoms in total. The van der Waals surface area contributed by atoms with Crippen molar-refractivity contribution in [3.63, 3.8) is 0 Å². The number of ether oxygens (including phenoxy) is 2. The van der Waals surface area contributed by atoms with Crippen LogP contribution in [0, 0.1) is 0 Å². The summed E-state index contributed by atoms with van der Waals surface area (Å²) in [6.45, 7) is 6.30. The Labute approximate surface area is 146 Å². The lowest BCUT2D eigenvalue weighted by Crippen LogP contribution is -2.33. The molecule has 0 unspecified atom stereocenters. The van der Waals surface area contributed by atoms with E-state index in [9.17, 15) is 5.11 Å². The molecule has 0 bridgehead atoms. The third-order valence-corrected chi connectivity index (χ3v) is 5.50. The van der Waals surface area contributed by atoms with Crippen molar-refractivity contribution in [3.05, 3.63) is 39.3 Å². The van der Waals surface area contributed by atoms with Crippen LogP contribution in [0.1, 0.15) is 47.7 Å². The first kappa shape index (κ1) is 17.2. The van der Waals surface area contributed by atoms with Gasteiger partial charge in [0, 0.05) is 42.1 Å². The Morgan fingerprint density at radius 3 is 2.62 bits per heavy atom. The molecule has 3 rings (SSSR count). The molecule has 0 aliphatic carbocycles. The van der Waals surface area contributed by atoms with Crippen molar-refractivity contribution >= 4 is 11.3 Å². The van der Waals surface area contributed by atoms with Crippen molar-refractivity contribution in [1.82, 2.24) is 9.88 Å². The van der Waals surface area contributed by atoms with Crippen molar-refractivity contribution in [3.8, 4) is 11.5 Å². The standard InChI is InChI=1S/C18H24N2O3S/c1-11(2)18-19-12(10-24-18)7-20-8-13-15(22-3)5-6-16(23-4)17(13)14(21)9-20/h5-6,10-11,14,21H,7-9H2,1-4H3/t14-/m0/s1. The van der Waals surface area contributed by atoms with Crippen molar-refractivity contribution < 1.29 is 14.6 Å². The third kappa shape index (κ3) is 3.27. The zero-order valence-electron chi connectivity index (χ0n) is 14.6. The lowest BCUT2D eigenvalue weighted by atomic mass is 9.95. The zero-order valence-corrected chi connectivity index (χ0v) is 15.4. The summed E-state index contributed by atoms with van der Waals surface area (Å²) in [6, 6.07) is 3.75. The number of benzene rings is 1. The number of methoxy groups -OCH3 is 2. The van der Waals surface area contributed by atoms with Crippen LogP contribution in [-0.2, 0) is 13.1 Å². The van der Waals surface area contributed by atoms with E-state index >= 15 is 0 Å². The van der Waals surface area contributed by atoms with Gasteiger partial charge in [0.05, 0.1) is 31.0 Å². The fraction of sp³-hybridized carbons (Fsp3) is 0.500. The highest BCUT2D eigenvalue weighted by Crippen LogP contribution is 2.39. The van der Waals surface area contributed by atoms with Gasteiger partial charge >= 0.3 is 0 Å². The van der Waals surface area contributed by atoms with Gasteiger partial charge in [0.1, 0.15) is 11.5 Å². The Morgan fingerprint density at radius 1 is 1.29 bits per heavy atom. The normalized spacial score (nSPS) is 17.8. The maximum absolute atomic E-state index is 10.6. The molecule has 0 fully saturated rings. The first-order chi connectivity index (χ1) is 11.5. The number of rotatable bonds is 5. The zero-order chi connectivity index (χ0) is 17.3. The molecule has 1 aromatic heterocycles. The van der Waals surface area contributed by atoms with E-state index < -0.39 is 6.10 Å². The minimum Gasteiger partial charge on any atom is -0.496 e. The molecule has 0 spiro atoms. The molecule has 24 heavy (non-hydrogen) atoms. The van der Waals surface area contributed by atoms with Gasteiger partial charge in [-0.15, -0.1) is 11.3 Å². The van der Waals surface area contributed by atoms with Gasteiger partial charge in [-0.2, -0.15) is 0 Å². The Bertz CT molecular complexity index is 714. The van der Waals surface area contributed by atoms with Crippen LogP contribution in [-0.4, -0.2) is 35.8 Å². The average Bonchev–Trinajstić information content (AvgIpc) is 3.02. The van der Waals surface area contributed by atoms with E-state index in [1.54, 1.807) is 25.6 Å². The predicted molar refractivity (Wildman–Crippen MR) is 94.8 cm³/mol. The molecule has 6 heteroatoms. The lowest BCUT2D eigenvalue weighted by molar-refractivity contribution is 0.0837. The van der Waals surface area contributed by atoms with E-state index in [4.69, 9.17) is 14.5 Å². The molecule has 0 amide bonds. The van der Waals surface area contributed by atoms with Crippen molar-refractivity contribution in [2.75, 3.05) is 20.8 Å². The quantitative estimate of drug-likeness (QED) is 0.898. The molecule has 0 saturated heterocycles. The molecule has 2 heterocycles. The fourth-order valence-corrected chi connectivity index (χ4v) is 3.98. The summed E-state index contributed by atoms with van der Waals surface area (Å²) in [6.07, 6.45) is -0.595. The second-order valence-electron chi connectivity index (χ2n) is 6.38. The van der Waals surface area contributed by atoms with E-state index in [-0.39, 0.29) is 0 Å². The van der Waals surface area contributed by atoms with Crippen LogP contribution < -0.4 is 9.47 Å². The molecule has 0 saturated carbocycles. The topological polar surface area (TPSA) is 54.8 Å². The lowest BCUT2D eigenvalue weighted by Gasteiger charge is -2.33. The van der Waals surface area contributed by atoms with Crippen LogP contribution in [0.25, 0.3) is 0 Å². The molecule has 1 aliphatic rings. The van der Waals surface area contributed by atoms with Crippen LogP contribution in [0.15, 0.2) is 17.5 Å². The summed E-state index contributed by atoms with van der Waals surface area (Å²) in [5.41, 5.74) is 2.89. The first-order valence-corrected chi connectivity index (χ1v) is 9.00. The van der Waals surface area contributed by atoms with Crippen LogP contribution in [0.5, 0.6) is 11.5 Å². The predicted octanol–water partition coefficient (Wildman–Crippen LogP) is 3.33. The minimum atomic E-state index is -0.595. The van der Waals surface area contributed by atoms with Gasteiger partial charge in [0.25, 0.3) is 0 Å². The highest BCUT2D eigenvalue weighted by molar-refractivity contribution is 7.09. The Balaban J connectivity index is 1.85. The van der Waals surface area contributed by atoms with Gasteiger partial charge in [-0.05, 0) is 12.1 Å². The molecule has 2 aromatic rings. The summed E-state index contributed by atoms with van der Waals surface area (Å²) in [7, 11) is 3.28. The first-order valence-electron chi connectivity index (χ1n) is 8.12. The van der Waals surface area contributed by atoms with Crippen molar-refractivity contribution in [2.45, 2.75) is 39.0 Å². The fourth-order valence-electron chi connectivity index (χ4n) is 3.15. The smallest absolute Gasteiger partial charge is 0.125 e. The van der Waals surface area contributed by atoms with E-state index in [1.807, 2.05) is 12.1 Å². The maximum atomic E-state index is 10.6. The van der Waals surface area contributed by atoms with Crippen LogP contribution in [0.4, 0.5) is 0 Å². The molecule has 1 aromatic carbocycles. The molecule has 130 valence electrons. The van der Waals surface area contributed by atoms with Crippen molar-refractivity contribution in [2.24, 2.45) is 0 Å². The van der Waals surface area contributed by atoms with Crippen LogP contribution in [0.3, 0.4) is 0 Å². The van der Waals surface area contributed by atoms with Crippen LogP contribution >= 0.6 is 11.3 Å². The molecule has 1 N–H and O–H groups in total. The van der Waals surface area contributed by atoms with E-state index in [2.05, 4.69) is 24.1 Å². The van der Waals surface area contributed by atoms with Gasteiger partial charge in [0.15, 0.2) is 0 Å². The monoisotopic (exact) mass is 348 g/mol. The number of aliphatic hydroxyl groups is 1. The number of aromatic nitrogens is 1. The third-order valence-electron chi connectivity index (χ3n) is 4.31. The minimum absolute atomic E-state index is 0.445. The summed E-state index contributed by atoms with van der Waals surface area (Å²) in [5, 5.41) is 13.9. The number of aliphatic hydroxyl groups excluding tert-OH is 1. The molecule has 1 aliphatic heterocycles. The summed E-state index contributed by atoms with van der Waals surface area (Å²) >= 11 is 1.70. The number of hydrogen-bond acceptors (Lipinski definition) is 6. The number of fused-ring (bicyclic) bond motifs is 1. The molecular formula is C18H24N2O3S. The van der Waals surface area contributed by atoms with E-state index in [0.29, 0.717) is 24.8 Å². The summed E-state index contributed by atoms with van der Waals surface area (Å²) < 4.78 is 10.9. The second-order valence-corrected chi connectivity index (χ2v) is 7.27. The van der Waals surface area contributed by atoms with Gasteiger partial charge < -0.3 is 14.6 Å². The second kappa shape index (κ2) is 7.09. The van der Waals surface area contributed by atoms with Gasteiger partial charge in [-0.25, -0.2) is 4.98 Å². The van der Waals surface area contributed by atoms with Crippen molar-refractivity contribution in [1.29, 1.82) is 0 Å². The Kier molecular flexibility index (Phi) is 5.08. The Morgan fingerprint density at radius 2 is 2.00 bits per heavy atom. The summed E-state index contributed by atoms with van der Waals surface area (Å²) in [4.78, 5) is 6.90. The van der Waals surface area contributed by atoms with E-state index in [1.165, 1.54) is 0 Å². The average molecular weight is 348 g/mol.